The molecule has 0 aliphatic rings. The molecule has 1 amide bonds. The molecule has 0 bridgehead atoms. The maximum atomic E-state index is 12.4. The average molecular weight is 790 g/mol. The number of carbonyl (C=O) groups is 2. The highest BCUT2D eigenvalue weighted by Crippen LogP contribution is 2.15. The average Bonchev–Trinajstić information content (AvgIpc) is 3.20. The minimum atomic E-state index is -0.861. The van der Waals surface area contributed by atoms with Gasteiger partial charge in [0.05, 0.1) is 25.4 Å². The molecule has 0 spiro atoms. The van der Waals surface area contributed by atoms with Crippen molar-refractivity contribution >= 4 is 11.9 Å². The number of hydrogen-bond acceptors (Lipinski definition) is 5. The molecule has 6 nitrogen and oxygen atoms in total. The highest BCUT2D eigenvalue weighted by Gasteiger charge is 2.18. The van der Waals surface area contributed by atoms with Gasteiger partial charge in [-0.05, 0) is 57.8 Å². The van der Waals surface area contributed by atoms with Crippen LogP contribution in [0.4, 0.5) is 0 Å². The fraction of sp³-hybridized carbons (Fsp3) is 0.880. The first-order valence-corrected chi connectivity index (χ1v) is 24.6. The van der Waals surface area contributed by atoms with E-state index in [1.807, 2.05) is 6.08 Å². The molecular weight excluding hydrogens is 695 g/mol. The smallest absolute Gasteiger partial charge is 0.305 e. The van der Waals surface area contributed by atoms with Crippen molar-refractivity contribution in [2.75, 3.05) is 13.2 Å². The Hall–Kier alpha value is -1.66. The second-order valence-electron chi connectivity index (χ2n) is 16.8. The number of ether oxygens (including phenoxy) is 1. The number of rotatable bonds is 45. The van der Waals surface area contributed by atoms with Crippen LogP contribution < -0.4 is 5.32 Å². The van der Waals surface area contributed by atoms with Crippen molar-refractivity contribution in [3.8, 4) is 0 Å². The van der Waals surface area contributed by atoms with Gasteiger partial charge >= 0.3 is 5.97 Å². The van der Waals surface area contributed by atoms with Crippen LogP contribution in [-0.4, -0.2) is 47.4 Å². The molecule has 56 heavy (non-hydrogen) atoms. The lowest BCUT2D eigenvalue weighted by Gasteiger charge is -2.20. The number of nitrogens with one attached hydrogen (secondary N) is 1. The summed E-state index contributed by atoms with van der Waals surface area (Å²) in [5.41, 5.74) is 0. The third-order valence-electron chi connectivity index (χ3n) is 11.2. The molecule has 0 heterocycles. The zero-order chi connectivity index (χ0) is 40.8. The van der Waals surface area contributed by atoms with Crippen molar-refractivity contribution in [2.45, 2.75) is 270 Å². The Labute approximate surface area is 348 Å². The first kappa shape index (κ1) is 54.3. The molecule has 0 aromatic heterocycles. The van der Waals surface area contributed by atoms with Crippen molar-refractivity contribution in [1.82, 2.24) is 5.32 Å². The molecule has 0 saturated carbocycles. The Morgan fingerprint density at radius 3 is 1.27 bits per heavy atom. The molecule has 0 aromatic carbocycles. The van der Waals surface area contributed by atoms with Crippen LogP contribution in [0.3, 0.4) is 0 Å². The summed E-state index contributed by atoms with van der Waals surface area (Å²) in [4.78, 5) is 24.4. The largest absolute Gasteiger partial charge is 0.466 e. The molecule has 2 unspecified atom stereocenters. The maximum Gasteiger partial charge on any atom is 0.305 e. The molecule has 0 fully saturated rings. The number of unbranched alkanes of at least 4 members (excludes halogenated alkanes) is 32. The van der Waals surface area contributed by atoms with Crippen molar-refractivity contribution in [1.29, 1.82) is 0 Å². The third kappa shape index (κ3) is 42.0. The van der Waals surface area contributed by atoms with Gasteiger partial charge in [0.15, 0.2) is 0 Å². The van der Waals surface area contributed by atoms with Crippen molar-refractivity contribution in [3.63, 3.8) is 0 Å². The summed E-state index contributed by atoms with van der Waals surface area (Å²) in [5.74, 6) is -0.132. The van der Waals surface area contributed by atoms with Crippen molar-refractivity contribution in [2.24, 2.45) is 0 Å². The Morgan fingerprint density at radius 2 is 0.839 bits per heavy atom. The molecule has 0 aromatic rings. The topological polar surface area (TPSA) is 95.9 Å². The fourth-order valence-electron chi connectivity index (χ4n) is 7.39. The van der Waals surface area contributed by atoms with Crippen LogP contribution in [0.5, 0.6) is 0 Å². The number of aliphatic hydroxyl groups excluding tert-OH is 2. The van der Waals surface area contributed by atoms with Gasteiger partial charge < -0.3 is 20.3 Å². The quantitative estimate of drug-likeness (QED) is 0.0324. The fourth-order valence-corrected chi connectivity index (χ4v) is 7.39. The lowest BCUT2D eigenvalue weighted by atomic mass is 10.0. The van der Waals surface area contributed by atoms with E-state index in [2.05, 4.69) is 31.3 Å². The van der Waals surface area contributed by atoms with Gasteiger partial charge in [0.2, 0.25) is 5.91 Å². The number of aliphatic hydroxyl groups is 2. The summed E-state index contributed by atoms with van der Waals surface area (Å²) >= 11 is 0. The molecule has 6 heteroatoms. The lowest BCUT2D eigenvalue weighted by Crippen LogP contribution is -2.45. The summed E-state index contributed by atoms with van der Waals surface area (Å²) in [5, 5.41) is 23.0. The van der Waals surface area contributed by atoms with E-state index in [0.29, 0.717) is 19.4 Å². The summed E-state index contributed by atoms with van der Waals surface area (Å²) in [6.45, 7) is 4.82. The van der Waals surface area contributed by atoms with E-state index in [9.17, 15) is 19.8 Å². The minimum absolute atomic E-state index is 0.0361. The van der Waals surface area contributed by atoms with E-state index in [-0.39, 0.29) is 18.5 Å². The van der Waals surface area contributed by atoms with Gasteiger partial charge in [0.25, 0.3) is 0 Å². The third-order valence-corrected chi connectivity index (χ3v) is 11.2. The molecule has 330 valence electrons. The summed E-state index contributed by atoms with van der Waals surface area (Å²) in [7, 11) is 0. The first-order valence-electron chi connectivity index (χ1n) is 24.6. The van der Waals surface area contributed by atoms with E-state index in [1.165, 1.54) is 173 Å². The van der Waals surface area contributed by atoms with E-state index in [4.69, 9.17) is 4.74 Å². The number of allylic oxidation sites excluding steroid dienone is 3. The van der Waals surface area contributed by atoms with Crippen LogP contribution in [-0.2, 0) is 14.3 Å². The monoisotopic (exact) mass is 790 g/mol. The maximum absolute atomic E-state index is 12.4. The summed E-state index contributed by atoms with van der Waals surface area (Å²) in [6.07, 6.45) is 53.1. The number of hydrogen-bond donors (Lipinski definition) is 3. The van der Waals surface area contributed by atoms with Gasteiger partial charge in [-0.25, -0.2) is 0 Å². The summed E-state index contributed by atoms with van der Waals surface area (Å²) in [6, 6.07) is -0.647. The highest BCUT2D eigenvalue weighted by molar-refractivity contribution is 5.76. The SMILES string of the molecule is CCCCCCC/C=C\CCCCCCCC(=O)OCCCCCCCCCCCC(=O)NC(CO)C(O)/C=C/CCCCCCCCCCCCCCCC. The van der Waals surface area contributed by atoms with Gasteiger partial charge in [0.1, 0.15) is 0 Å². The Balaban J connectivity index is 3.54. The van der Waals surface area contributed by atoms with Gasteiger partial charge in [-0.3, -0.25) is 9.59 Å². The van der Waals surface area contributed by atoms with E-state index in [0.717, 1.165) is 57.8 Å². The molecule has 0 aliphatic heterocycles. The molecule has 0 aliphatic carbocycles. The predicted molar refractivity (Wildman–Crippen MR) is 241 cm³/mol. The molecule has 0 radical (unpaired) electrons. The van der Waals surface area contributed by atoms with Crippen LogP contribution in [0.25, 0.3) is 0 Å². The normalized spacial score (nSPS) is 12.9. The number of carbonyl (C=O) groups excluding carboxylic acids is 2. The van der Waals surface area contributed by atoms with Crippen LogP contribution in [0.2, 0.25) is 0 Å². The van der Waals surface area contributed by atoms with E-state index < -0.39 is 12.1 Å². The van der Waals surface area contributed by atoms with Crippen LogP contribution >= 0.6 is 0 Å². The van der Waals surface area contributed by atoms with E-state index >= 15 is 0 Å². The van der Waals surface area contributed by atoms with E-state index in [1.54, 1.807) is 6.08 Å². The zero-order valence-electron chi connectivity index (χ0n) is 37.4. The lowest BCUT2D eigenvalue weighted by molar-refractivity contribution is -0.143. The second-order valence-corrected chi connectivity index (χ2v) is 16.8. The van der Waals surface area contributed by atoms with Crippen LogP contribution in [0, 0.1) is 0 Å². The minimum Gasteiger partial charge on any atom is -0.466 e. The van der Waals surface area contributed by atoms with Gasteiger partial charge in [0, 0.05) is 12.8 Å². The van der Waals surface area contributed by atoms with Gasteiger partial charge in [-0.1, -0.05) is 212 Å². The van der Waals surface area contributed by atoms with Crippen LogP contribution in [0.1, 0.15) is 258 Å². The Morgan fingerprint density at radius 1 is 0.482 bits per heavy atom. The van der Waals surface area contributed by atoms with Crippen molar-refractivity contribution < 1.29 is 24.5 Å². The number of esters is 1. The first-order chi connectivity index (χ1) is 27.5. The molecule has 0 saturated heterocycles. The standard InChI is InChI=1S/C50H95NO5/c1-3-5-7-9-11-13-15-17-19-20-21-23-26-30-34-38-42-48(53)47(46-52)51-49(54)43-39-35-31-27-25-29-33-37-41-45-56-50(55)44-40-36-32-28-24-22-18-16-14-12-10-8-6-4-2/h16,18,38,42,47-48,52-53H,3-15,17,19-37,39-41,43-46H2,1-2H3,(H,51,54)/b18-16-,42-38+. The number of amides is 1. The molecule has 0 rings (SSSR count). The molecule has 3 N–H and O–H groups in total. The molecular formula is C50H95NO5. The van der Waals surface area contributed by atoms with Crippen molar-refractivity contribution in [3.05, 3.63) is 24.3 Å². The van der Waals surface area contributed by atoms with Gasteiger partial charge in [-0.15, -0.1) is 0 Å². The highest BCUT2D eigenvalue weighted by atomic mass is 16.5. The Kier molecular flexibility index (Phi) is 44.7. The summed E-state index contributed by atoms with van der Waals surface area (Å²) < 4.78 is 5.44. The second kappa shape index (κ2) is 46.0. The molecule has 2 atom stereocenters. The van der Waals surface area contributed by atoms with Gasteiger partial charge in [-0.2, -0.15) is 0 Å². The Bertz CT molecular complexity index is 874. The van der Waals surface area contributed by atoms with Crippen LogP contribution in [0.15, 0.2) is 24.3 Å². The predicted octanol–water partition coefficient (Wildman–Crippen LogP) is 14.3. The zero-order valence-corrected chi connectivity index (χ0v) is 37.4.